The van der Waals surface area contributed by atoms with Crippen LogP contribution in [0.5, 0.6) is 5.75 Å². The molecule has 0 amide bonds. The molecule has 0 saturated heterocycles. The van der Waals surface area contributed by atoms with Gasteiger partial charge in [0, 0.05) is 11.3 Å². The highest BCUT2D eigenvalue weighted by atomic mass is 32.1. The maximum atomic E-state index is 10.9. The van der Waals surface area contributed by atoms with Gasteiger partial charge in [0.25, 0.3) is 0 Å². The Bertz CT molecular complexity index is 490. The fourth-order valence-electron chi connectivity index (χ4n) is 2.92. The summed E-state index contributed by atoms with van der Waals surface area (Å²) in [6.45, 7) is 15.2. The van der Waals surface area contributed by atoms with Crippen LogP contribution >= 0.6 is 12.6 Å². The summed E-state index contributed by atoms with van der Waals surface area (Å²) in [5, 5.41) is 10.9. The zero-order valence-corrected chi connectivity index (χ0v) is 15.7. The van der Waals surface area contributed by atoms with Gasteiger partial charge in [-0.05, 0) is 40.4 Å². The van der Waals surface area contributed by atoms with Crippen LogP contribution in [0.15, 0.2) is 6.07 Å². The highest BCUT2D eigenvalue weighted by molar-refractivity contribution is 7.79. The lowest BCUT2D eigenvalue weighted by Crippen LogP contribution is -2.20. The van der Waals surface area contributed by atoms with Crippen LogP contribution in [0.2, 0.25) is 0 Å². The first-order chi connectivity index (χ1) is 9.54. The van der Waals surface area contributed by atoms with Crippen molar-refractivity contribution in [1.82, 2.24) is 0 Å². The molecule has 0 atom stereocenters. The molecule has 120 valence electrons. The largest absolute Gasteiger partial charge is 0.507 e. The number of aromatic hydroxyl groups is 1. The summed E-state index contributed by atoms with van der Waals surface area (Å²) >= 11 is 4.55. The van der Waals surface area contributed by atoms with Crippen LogP contribution < -0.4 is 0 Å². The van der Waals surface area contributed by atoms with Crippen molar-refractivity contribution < 1.29 is 5.11 Å². The number of phenolic OH excluding ortho intramolecular Hbond substituents is 1. The minimum Gasteiger partial charge on any atom is -0.507 e. The summed E-state index contributed by atoms with van der Waals surface area (Å²) in [5.41, 5.74) is 4.59. The minimum absolute atomic E-state index is 0.0554. The van der Waals surface area contributed by atoms with E-state index in [2.05, 4.69) is 67.2 Å². The van der Waals surface area contributed by atoms with Crippen LogP contribution in [0.4, 0.5) is 0 Å². The van der Waals surface area contributed by atoms with Gasteiger partial charge in [-0.25, -0.2) is 0 Å². The molecule has 1 N–H and O–H groups in total. The zero-order valence-electron chi connectivity index (χ0n) is 14.8. The van der Waals surface area contributed by atoms with Crippen molar-refractivity contribution >= 4 is 12.6 Å². The van der Waals surface area contributed by atoms with Gasteiger partial charge >= 0.3 is 0 Å². The van der Waals surface area contributed by atoms with Crippen LogP contribution in [-0.4, -0.2) is 5.11 Å². The highest BCUT2D eigenvalue weighted by Crippen LogP contribution is 2.43. The molecule has 0 heterocycles. The summed E-state index contributed by atoms with van der Waals surface area (Å²) < 4.78 is 0. The molecule has 1 aromatic carbocycles. The average molecular weight is 309 g/mol. The molecular formula is C19H32OS. The first-order valence-corrected chi connectivity index (χ1v) is 8.66. The van der Waals surface area contributed by atoms with E-state index >= 15 is 0 Å². The molecule has 0 aliphatic carbocycles. The second-order valence-electron chi connectivity index (χ2n) is 8.05. The number of thiol groups is 1. The lowest BCUT2D eigenvalue weighted by atomic mass is 9.75. The lowest BCUT2D eigenvalue weighted by molar-refractivity contribution is 0.421. The van der Waals surface area contributed by atoms with Crippen LogP contribution in [0, 0.1) is 0 Å². The Balaban J connectivity index is 3.66. The van der Waals surface area contributed by atoms with Crippen molar-refractivity contribution in [3.63, 3.8) is 0 Å². The summed E-state index contributed by atoms with van der Waals surface area (Å²) in [5.74, 6) is 1.16. The van der Waals surface area contributed by atoms with Gasteiger partial charge in [-0.1, -0.05) is 61.0 Å². The van der Waals surface area contributed by atoms with Crippen molar-refractivity contribution in [1.29, 1.82) is 0 Å². The molecule has 1 rings (SSSR count). The quantitative estimate of drug-likeness (QED) is 0.678. The number of hydrogen-bond donors (Lipinski definition) is 2. The molecule has 0 aliphatic rings. The Morgan fingerprint density at radius 1 is 1.05 bits per heavy atom. The lowest BCUT2D eigenvalue weighted by Gasteiger charge is -2.31. The Morgan fingerprint density at radius 3 is 2.00 bits per heavy atom. The Kier molecular flexibility index (Phi) is 5.83. The van der Waals surface area contributed by atoms with Gasteiger partial charge < -0.3 is 5.11 Å². The normalized spacial score (nSPS) is 12.8. The van der Waals surface area contributed by atoms with Gasteiger partial charge in [0.2, 0.25) is 0 Å². The van der Waals surface area contributed by atoms with Crippen LogP contribution in [0.1, 0.15) is 83.6 Å². The number of rotatable bonds is 4. The van der Waals surface area contributed by atoms with Crippen molar-refractivity contribution in [2.75, 3.05) is 0 Å². The zero-order chi connectivity index (χ0) is 16.4. The monoisotopic (exact) mass is 308 g/mol. The molecule has 0 bridgehead atoms. The van der Waals surface area contributed by atoms with E-state index in [4.69, 9.17) is 0 Å². The van der Waals surface area contributed by atoms with Gasteiger partial charge in [0.15, 0.2) is 0 Å². The molecule has 2 heteroatoms. The molecule has 1 nitrogen and oxygen atoms in total. The topological polar surface area (TPSA) is 20.2 Å². The molecule has 0 spiro atoms. The van der Waals surface area contributed by atoms with Crippen LogP contribution in [-0.2, 0) is 23.0 Å². The highest BCUT2D eigenvalue weighted by Gasteiger charge is 2.29. The number of aryl methyl sites for hydroxylation is 1. The summed E-state index contributed by atoms with van der Waals surface area (Å²) in [7, 11) is 0. The SMILES string of the molecule is CCCCc1cc(C(C)(C)C)c(O)c(C(C)(C)C)c1CS. The van der Waals surface area contributed by atoms with Gasteiger partial charge in [0.05, 0.1) is 0 Å². The molecule has 0 aliphatic heterocycles. The van der Waals surface area contributed by atoms with E-state index in [0.717, 1.165) is 17.5 Å². The Hall–Kier alpha value is -0.630. The smallest absolute Gasteiger partial charge is 0.123 e. The van der Waals surface area contributed by atoms with E-state index in [1.807, 2.05) is 0 Å². The van der Waals surface area contributed by atoms with Crippen molar-refractivity contribution in [3.05, 3.63) is 28.3 Å². The summed E-state index contributed by atoms with van der Waals surface area (Å²) in [6, 6.07) is 2.21. The number of hydrogen-bond acceptors (Lipinski definition) is 2. The first kappa shape index (κ1) is 18.4. The van der Waals surface area contributed by atoms with Gasteiger partial charge in [0.1, 0.15) is 5.75 Å². The fraction of sp³-hybridized carbons (Fsp3) is 0.684. The maximum Gasteiger partial charge on any atom is 0.123 e. The van der Waals surface area contributed by atoms with Crippen molar-refractivity contribution in [2.45, 2.75) is 84.3 Å². The first-order valence-electron chi connectivity index (χ1n) is 8.03. The third-order valence-electron chi connectivity index (χ3n) is 4.02. The Morgan fingerprint density at radius 2 is 1.62 bits per heavy atom. The molecule has 21 heavy (non-hydrogen) atoms. The second kappa shape index (κ2) is 6.64. The van der Waals surface area contributed by atoms with Gasteiger partial charge in [-0.15, -0.1) is 0 Å². The molecule has 0 radical (unpaired) electrons. The number of unbranched alkanes of at least 4 members (excludes halogenated alkanes) is 1. The fourth-order valence-corrected chi connectivity index (χ4v) is 3.28. The van der Waals surface area contributed by atoms with Crippen molar-refractivity contribution in [3.8, 4) is 5.75 Å². The predicted molar refractivity (Wildman–Crippen MR) is 96.8 cm³/mol. The standard InChI is InChI=1S/C19H32OS/c1-8-9-10-13-11-15(18(2,3)4)17(20)16(14(13)12-21)19(5,6)7/h11,20-21H,8-10,12H2,1-7H3. The molecule has 0 saturated carbocycles. The average Bonchev–Trinajstić information content (AvgIpc) is 2.33. The van der Waals surface area contributed by atoms with E-state index in [0.29, 0.717) is 11.5 Å². The van der Waals surface area contributed by atoms with E-state index in [-0.39, 0.29) is 10.8 Å². The number of benzene rings is 1. The van der Waals surface area contributed by atoms with Gasteiger partial charge in [-0.3, -0.25) is 0 Å². The van der Waals surface area contributed by atoms with E-state index in [1.54, 1.807) is 0 Å². The molecule has 0 unspecified atom stereocenters. The Labute approximate surface area is 136 Å². The molecule has 1 aromatic rings. The van der Waals surface area contributed by atoms with Crippen LogP contribution in [0.3, 0.4) is 0 Å². The number of phenols is 1. The van der Waals surface area contributed by atoms with E-state index < -0.39 is 0 Å². The van der Waals surface area contributed by atoms with E-state index in [1.165, 1.54) is 24.0 Å². The third kappa shape index (κ3) is 4.18. The minimum atomic E-state index is -0.0790. The summed E-state index contributed by atoms with van der Waals surface area (Å²) in [6.07, 6.45) is 3.43. The molecular weight excluding hydrogens is 276 g/mol. The predicted octanol–water partition coefficient (Wildman–Crippen LogP) is 5.76. The van der Waals surface area contributed by atoms with E-state index in [9.17, 15) is 5.11 Å². The van der Waals surface area contributed by atoms with Crippen molar-refractivity contribution in [2.24, 2.45) is 0 Å². The molecule has 0 aromatic heterocycles. The van der Waals surface area contributed by atoms with Crippen LogP contribution in [0.25, 0.3) is 0 Å². The van der Waals surface area contributed by atoms with Gasteiger partial charge in [-0.2, -0.15) is 12.6 Å². The molecule has 0 fully saturated rings. The second-order valence-corrected chi connectivity index (χ2v) is 8.36. The summed E-state index contributed by atoms with van der Waals surface area (Å²) in [4.78, 5) is 0. The maximum absolute atomic E-state index is 10.9. The third-order valence-corrected chi connectivity index (χ3v) is 4.33.